The number of carbonyl (C=O) groups excluding carboxylic acids is 2. The van der Waals surface area contributed by atoms with Crippen LogP contribution in [0.25, 0.3) is 0 Å². The van der Waals surface area contributed by atoms with E-state index in [-0.39, 0.29) is 19.4 Å². The first kappa shape index (κ1) is 65.1. The molecule has 11 unspecified atom stereocenters. The number of hydrogen-bond donors (Lipinski definition) is 7. The van der Waals surface area contributed by atoms with E-state index in [0.717, 1.165) is 103 Å². The summed E-state index contributed by atoms with van der Waals surface area (Å²) in [5.41, 5.74) is 0. The van der Waals surface area contributed by atoms with Crippen LogP contribution < -0.4 is 0 Å². The number of aliphatic hydroxyl groups excluding tert-OH is 7. The van der Waals surface area contributed by atoms with Gasteiger partial charge in [-0.15, -0.1) is 0 Å². The zero-order valence-electron chi connectivity index (χ0n) is 43.9. The minimum atomic E-state index is -1.77. The average molecular weight is 1020 g/mol. The molecular weight excluding hydrogens is 925 g/mol. The molecule has 0 radical (unpaired) electrons. The van der Waals surface area contributed by atoms with E-state index >= 15 is 0 Å². The Labute approximate surface area is 432 Å². The van der Waals surface area contributed by atoms with Crippen LogP contribution in [0.15, 0.2) is 72.9 Å². The van der Waals surface area contributed by atoms with Crippen LogP contribution in [0.5, 0.6) is 0 Å². The van der Waals surface area contributed by atoms with Gasteiger partial charge < -0.3 is 64.2 Å². The van der Waals surface area contributed by atoms with Gasteiger partial charge in [-0.25, -0.2) is 0 Å². The van der Waals surface area contributed by atoms with Gasteiger partial charge in [0.2, 0.25) is 0 Å². The van der Waals surface area contributed by atoms with Crippen molar-refractivity contribution in [1.82, 2.24) is 0 Å². The van der Waals surface area contributed by atoms with Crippen molar-refractivity contribution in [3.8, 4) is 0 Å². The number of esters is 2. The molecule has 2 aliphatic heterocycles. The van der Waals surface area contributed by atoms with Gasteiger partial charge in [-0.1, -0.05) is 157 Å². The molecule has 11 atom stereocenters. The number of carbonyl (C=O) groups is 2. The molecule has 0 aromatic heterocycles. The number of rotatable bonds is 42. The number of allylic oxidation sites excluding steroid dienone is 12. The Morgan fingerprint density at radius 1 is 0.458 bits per heavy atom. The molecule has 2 saturated heterocycles. The van der Waals surface area contributed by atoms with Crippen LogP contribution in [-0.4, -0.2) is 142 Å². The molecule has 0 bridgehead atoms. The SMILES string of the molecule is CC/C=C\C/C=C\C/C=C\C/C=C\CCCCCCCCC(=O)OC(COC(=O)CCCCCCCCC/C=C\C/C=C\CCCCC)COC1OC(COC2OC(CO)C(O)C(O)C2O)C(O)C(O)C1O. The Morgan fingerprint density at radius 3 is 1.38 bits per heavy atom. The van der Waals surface area contributed by atoms with Crippen molar-refractivity contribution in [3.05, 3.63) is 72.9 Å². The first-order valence-corrected chi connectivity index (χ1v) is 27.5. The number of unbranched alkanes of at least 4 members (excludes halogenated alkanes) is 16. The van der Waals surface area contributed by atoms with Gasteiger partial charge >= 0.3 is 11.9 Å². The normalized spacial score (nSPS) is 25.6. The van der Waals surface area contributed by atoms with Gasteiger partial charge in [0.1, 0.15) is 55.4 Å². The molecule has 414 valence electrons. The third-order valence-electron chi connectivity index (χ3n) is 12.7. The van der Waals surface area contributed by atoms with Gasteiger partial charge in [0, 0.05) is 12.8 Å². The second kappa shape index (κ2) is 43.2. The fourth-order valence-corrected chi connectivity index (χ4v) is 8.18. The minimum absolute atomic E-state index is 0.144. The molecule has 15 nitrogen and oxygen atoms in total. The molecule has 0 saturated carbocycles. The lowest BCUT2D eigenvalue weighted by atomic mass is 9.98. The van der Waals surface area contributed by atoms with Crippen molar-refractivity contribution in [2.75, 3.05) is 26.4 Å². The van der Waals surface area contributed by atoms with Gasteiger partial charge in [0.05, 0.1) is 19.8 Å². The summed E-state index contributed by atoms with van der Waals surface area (Å²) in [7, 11) is 0. The van der Waals surface area contributed by atoms with E-state index in [2.05, 4.69) is 86.8 Å². The zero-order chi connectivity index (χ0) is 52.4. The summed E-state index contributed by atoms with van der Waals surface area (Å²) in [6.45, 7) is 2.43. The minimum Gasteiger partial charge on any atom is -0.462 e. The van der Waals surface area contributed by atoms with Crippen molar-refractivity contribution >= 4 is 11.9 Å². The average Bonchev–Trinajstić information content (AvgIpc) is 3.37. The number of aliphatic hydroxyl groups is 7. The molecule has 2 heterocycles. The van der Waals surface area contributed by atoms with E-state index in [1.54, 1.807) is 0 Å². The molecule has 15 heteroatoms. The molecule has 2 aliphatic rings. The predicted octanol–water partition coefficient (Wildman–Crippen LogP) is 8.60. The van der Waals surface area contributed by atoms with Gasteiger partial charge in [-0.2, -0.15) is 0 Å². The first-order valence-electron chi connectivity index (χ1n) is 27.5. The van der Waals surface area contributed by atoms with Gasteiger partial charge in [-0.3, -0.25) is 9.59 Å². The van der Waals surface area contributed by atoms with Crippen LogP contribution in [0.4, 0.5) is 0 Å². The Balaban J connectivity index is 1.79. The summed E-state index contributed by atoms with van der Waals surface area (Å²) >= 11 is 0. The lowest BCUT2D eigenvalue weighted by Gasteiger charge is -2.42. The highest BCUT2D eigenvalue weighted by Crippen LogP contribution is 2.26. The Bertz CT molecular complexity index is 1530. The van der Waals surface area contributed by atoms with Crippen LogP contribution in [0.1, 0.15) is 181 Å². The van der Waals surface area contributed by atoms with E-state index in [1.807, 2.05) is 0 Å². The first-order chi connectivity index (χ1) is 35.0. The van der Waals surface area contributed by atoms with E-state index in [1.165, 1.54) is 38.5 Å². The molecule has 0 aromatic carbocycles. The molecule has 0 aliphatic carbocycles. The molecular formula is C57H96O15. The standard InChI is InChI=1S/C57H96O15/c1-3-5-7-9-11-13-15-17-19-21-22-24-26-28-30-32-34-36-38-40-49(60)70-45(42-67-48(59)39-37-35-33-31-29-27-25-23-20-18-16-14-12-10-8-6-4-2)43-68-56-55(66)53(64)51(62)47(72-56)44-69-57-54(65)52(63)50(61)46(41-58)71-57/h5,7,11-14,17-20,22,24,45-47,50-58,61-66H,3-4,6,8-10,15-16,21,23,25-44H2,1-2H3/b7-5-,13-11-,14-12-,19-17-,20-18-,24-22-. The molecule has 7 N–H and O–H groups in total. The summed E-state index contributed by atoms with van der Waals surface area (Å²) in [4.78, 5) is 25.8. The maximum absolute atomic E-state index is 13.0. The second-order valence-electron chi connectivity index (χ2n) is 19.0. The summed E-state index contributed by atoms with van der Waals surface area (Å²) in [5, 5.41) is 72.2. The molecule has 0 aromatic rings. The van der Waals surface area contributed by atoms with E-state index < -0.39 is 99.3 Å². The molecule has 0 spiro atoms. The third kappa shape index (κ3) is 30.3. The van der Waals surface area contributed by atoms with E-state index in [4.69, 9.17) is 28.4 Å². The zero-order valence-corrected chi connectivity index (χ0v) is 43.9. The Kier molecular flexibility index (Phi) is 39.0. The van der Waals surface area contributed by atoms with Crippen molar-refractivity contribution in [1.29, 1.82) is 0 Å². The van der Waals surface area contributed by atoms with Crippen LogP contribution in [0.2, 0.25) is 0 Å². The largest absolute Gasteiger partial charge is 0.462 e. The highest BCUT2D eigenvalue weighted by Gasteiger charge is 2.47. The monoisotopic (exact) mass is 1020 g/mol. The lowest BCUT2D eigenvalue weighted by Crippen LogP contribution is -2.61. The highest BCUT2D eigenvalue weighted by molar-refractivity contribution is 5.70. The Hall–Kier alpha value is -3.06. The van der Waals surface area contributed by atoms with Gasteiger partial charge in [0.15, 0.2) is 18.7 Å². The van der Waals surface area contributed by atoms with Gasteiger partial charge in [0.25, 0.3) is 0 Å². The highest BCUT2D eigenvalue weighted by atomic mass is 16.7. The summed E-state index contributed by atoms with van der Waals surface area (Å²) in [5.74, 6) is -0.953. The lowest BCUT2D eigenvalue weighted by molar-refractivity contribution is -0.332. The number of hydrogen-bond acceptors (Lipinski definition) is 15. The van der Waals surface area contributed by atoms with Crippen LogP contribution in [-0.2, 0) is 38.0 Å². The molecule has 2 rings (SSSR count). The summed E-state index contributed by atoms with van der Waals surface area (Å²) in [6, 6.07) is 0. The van der Waals surface area contributed by atoms with Gasteiger partial charge in [-0.05, 0) is 83.5 Å². The topological polar surface area (TPSA) is 231 Å². The van der Waals surface area contributed by atoms with Crippen LogP contribution in [0, 0.1) is 0 Å². The van der Waals surface area contributed by atoms with Crippen molar-refractivity contribution in [3.63, 3.8) is 0 Å². The maximum atomic E-state index is 13.0. The van der Waals surface area contributed by atoms with Crippen LogP contribution in [0.3, 0.4) is 0 Å². The fraction of sp³-hybridized carbons (Fsp3) is 0.754. The molecule has 0 amide bonds. The van der Waals surface area contributed by atoms with Crippen molar-refractivity contribution < 1.29 is 73.8 Å². The second-order valence-corrected chi connectivity index (χ2v) is 19.0. The third-order valence-corrected chi connectivity index (χ3v) is 12.7. The smallest absolute Gasteiger partial charge is 0.306 e. The van der Waals surface area contributed by atoms with Crippen LogP contribution >= 0.6 is 0 Å². The Morgan fingerprint density at radius 2 is 0.875 bits per heavy atom. The molecule has 2 fully saturated rings. The molecule has 72 heavy (non-hydrogen) atoms. The van der Waals surface area contributed by atoms with E-state index in [9.17, 15) is 45.3 Å². The van der Waals surface area contributed by atoms with E-state index in [0.29, 0.717) is 12.8 Å². The van der Waals surface area contributed by atoms with Crippen molar-refractivity contribution in [2.24, 2.45) is 0 Å². The summed E-state index contributed by atoms with van der Waals surface area (Å²) < 4.78 is 33.6. The quantitative estimate of drug-likeness (QED) is 0.0172. The number of ether oxygens (including phenoxy) is 6. The maximum Gasteiger partial charge on any atom is 0.306 e. The summed E-state index contributed by atoms with van der Waals surface area (Å²) in [6.07, 6.45) is 34.8. The fourth-order valence-electron chi connectivity index (χ4n) is 8.18. The predicted molar refractivity (Wildman–Crippen MR) is 279 cm³/mol. The van der Waals surface area contributed by atoms with Crippen molar-refractivity contribution in [2.45, 2.75) is 248 Å².